The summed E-state index contributed by atoms with van der Waals surface area (Å²) >= 11 is 3.52. The Bertz CT molecular complexity index is 580. The van der Waals surface area contributed by atoms with Crippen molar-refractivity contribution < 1.29 is 0 Å². The number of anilines is 1. The zero-order valence-corrected chi connectivity index (χ0v) is 13.3. The summed E-state index contributed by atoms with van der Waals surface area (Å²) in [7, 11) is 0. The number of aryl methyl sites for hydroxylation is 2. The van der Waals surface area contributed by atoms with E-state index in [-0.39, 0.29) is 0 Å². The van der Waals surface area contributed by atoms with Crippen LogP contribution in [0.3, 0.4) is 0 Å². The molecule has 1 N–H and O–H groups in total. The molecule has 1 aromatic heterocycles. The number of fused-ring (bicyclic) bond motifs is 1. The molecule has 2 aromatic rings. The number of aromatic nitrogens is 2. The van der Waals surface area contributed by atoms with E-state index >= 15 is 0 Å². The lowest BCUT2D eigenvalue weighted by Crippen LogP contribution is -1.98. The van der Waals surface area contributed by atoms with Crippen LogP contribution >= 0.6 is 23.1 Å². The first-order chi connectivity index (χ1) is 9.85. The highest BCUT2D eigenvalue weighted by atomic mass is 32.2. The first kappa shape index (κ1) is 13.9. The van der Waals surface area contributed by atoms with Crippen LogP contribution in [0, 0.1) is 0 Å². The zero-order valence-electron chi connectivity index (χ0n) is 11.7. The number of nitrogens with zero attached hydrogens (tertiary/aromatic N) is 2. The van der Waals surface area contributed by atoms with Crippen molar-refractivity contribution in [1.29, 1.82) is 0 Å². The van der Waals surface area contributed by atoms with E-state index < -0.39 is 0 Å². The standard InChI is InChI=1S/C15H19N3S2/c1-2-8-16-15-18-17-14(20-15)10-19-13-7-6-11-4-3-5-12(11)9-13/h6-7,9H,2-5,8,10H2,1H3,(H,16,18). The predicted octanol–water partition coefficient (Wildman–Crippen LogP) is 4.14. The largest absolute Gasteiger partial charge is 0.360 e. The summed E-state index contributed by atoms with van der Waals surface area (Å²) in [5.74, 6) is 0.907. The summed E-state index contributed by atoms with van der Waals surface area (Å²) in [5.41, 5.74) is 3.08. The Labute approximate surface area is 128 Å². The maximum atomic E-state index is 4.24. The first-order valence-corrected chi connectivity index (χ1v) is 8.96. The highest BCUT2D eigenvalue weighted by molar-refractivity contribution is 7.98. The molecule has 1 aliphatic carbocycles. The Morgan fingerprint density at radius 1 is 1.25 bits per heavy atom. The Morgan fingerprint density at radius 3 is 3.05 bits per heavy atom. The van der Waals surface area contributed by atoms with Gasteiger partial charge in [0.25, 0.3) is 0 Å². The normalized spacial score (nSPS) is 13.4. The Morgan fingerprint density at radius 2 is 2.15 bits per heavy atom. The summed E-state index contributed by atoms with van der Waals surface area (Å²) in [5, 5.41) is 13.7. The molecule has 1 aliphatic rings. The third kappa shape index (κ3) is 3.33. The van der Waals surface area contributed by atoms with Crippen molar-refractivity contribution in [3.05, 3.63) is 34.3 Å². The van der Waals surface area contributed by atoms with Gasteiger partial charge in [-0.15, -0.1) is 22.0 Å². The van der Waals surface area contributed by atoms with Crippen LogP contribution in [0.4, 0.5) is 5.13 Å². The first-order valence-electron chi connectivity index (χ1n) is 7.16. The zero-order chi connectivity index (χ0) is 13.8. The van der Waals surface area contributed by atoms with E-state index in [1.54, 1.807) is 11.3 Å². The van der Waals surface area contributed by atoms with Gasteiger partial charge in [0.2, 0.25) is 5.13 Å². The third-order valence-electron chi connectivity index (χ3n) is 3.43. The second-order valence-electron chi connectivity index (χ2n) is 5.00. The lowest BCUT2D eigenvalue weighted by molar-refractivity contribution is 0.911. The monoisotopic (exact) mass is 305 g/mol. The molecule has 0 atom stereocenters. The van der Waals surface area contributed by atoms with Crippen molar-refractivity contribution in [1.82, 2.24) is 10.2 Å². The van der Waals surface area contributed by atoms with E-state index in [4.69, 9.17) is 0 Å². The van der Waals surface area contributed by atoms with Crippen LogP contribution in [0.2, 0.25) is 0 Å². The summed E-state index contributed by atoms with van der Waals surface area (Å²) in [6.45, 7) is 3.12. The summed E-state index contributed by atoms with van der Waals surface area (Å²) in [4.78, 5) is 1.35. The van der Waals surface area contributed by atoms with Crippen LogP contribution in [0.15, 0.2) is 23.1 Å². The minimum absolute atomic E-state index is 0.907. The number of benzene rings is 1. The minimum Gasteiger partial charge on any atom is -0.360 e. The molecule has 0 radical (unpaired) electrons. The SMILES string of the molecule is CCCNc1nnc(CSc2ccc3c(c2)CCC3)s1. The maximum absolute atomic E-state index is 4.24. The lowest BCUT2D eigenvalue weighted by Gasteiger charge is -2.03. The lowest BCUT2D eigenvalue weighted by atomic mass is 10.1. The van der Waals surface area contributed by atoms with E-state index in [9.17, 15) is 0 Å². The van der Waals surface area contributed by atoms with Crippen LogP contribution in [0.5, 0.6) is 0 Å². The fraction of sp³-hybridized carbons (Fsp3) is 0.467. The molecule has 0 spiro atoms. The van der Waals surface area contributed by atoms with E-state index in [1.165, 1.54) is 35.3 Å². The summed E-state index contributed by atoms with van der Waals surface area (Å²) < 4.78 is 0. The van der Waals surface area contributed by atoms with Crippen LogP contribution in [-0.2, 0) is 18.6 Å². The van der Waals surface area contributed by atoms with E-state index in [1.807, 2.05) is 11.8 Å². The molecule has 5 heteroatoms. The maximum Gasteiger partial charge on any atom is 0.205 e. The van der Waals surface area contributed by atoms with Gasteiger partial charge in [0.05, 0.1) is 5.75 Å². The molecule has 3 nitrogen and oxygen atoms in total. The molecule has 0 fully saturated rings. The Balaban J connectivity index is 1.57. The molecule has 0 aliphatic heterocycles. The molecular weight excluding hydrogens is 286 g/mol. The molecule has 0 saturated carbocycles. The van der Waals surface area contributed by atoms with Gasteiger partial charge in [-0.05, 0) is 48.9 Å². The molecule has 0 bridgehead atoms. The van der Waals surface area contributed by atoms with Crippen LogP contribution in [0.25, 0.3) is 0 Å². The molecule has 0 amide bonds. The summed E-state index contributed by atoms with van der Waals surface area (Å²) in [6, 6.07) is 6.88. The van der Waals surface area contributed by atoms with Gasteiger partial charge < -0.3 is 5.32 Å². The highest BCUT2D eigenvalue weighted by Gasteiger charge is 2.11. The Hall–Kier alpha value is -1.07. The van der Waals surface area contributed by atoms with Gasteiger partial charge in [-0.2, -0.15) is 0 Å². The fourth-order valence-electron chi connectivity index (χ4n) is 2.40. The third-order valence-corrected chi connectivity index (χ3v) is 5.49. The van der Waals surface area contributed by atoms with Gasteiger partial charge in [0.15, 0.2) is 0 Å². The second kappa shape index (κ2) is 6.59. The average Bonchev–Trinajstić information content (AvgIpc) is 3.11. The van der Waals surface area contributed by atoms with Gasteiger partial charge in [0.1, 0.15) is 5.01 Å². The summed E-state index contributed by atoms with van der Waals surface area (Å²) in [6.07, 6.45) is 4.92. The Kier molecular flexibility index (Phi) is 4.58. The quantitative estimate of drug-likeness (QED) is 0.814. The van der Waals surface area contributed by atoms with Crippen molar-refractivity contribution in [2.45, 2.75) is 43.3 Å². The van der Waals surface area contributed by atoms with E-state index in [2.05, 4.69) is 40.6 Å². The van der Waals surface area contributed by atoms with E-state index in [0.717, 1.165) is 28.9 Å². The smallest absolute Gasteiger partial charge is 0.205 e. The number of hydrogen-bond acceptors (Lipinski definition) is 5. The van der Waals surface area contributed by atoms with Crippen LogP contribution < -0.4 is 5.32 Å². The van der Waals surface area contributed by atoms with Crippen molar-refractivity contribution in [3.8, 4) is 0 Å². The molecule has 106 valence electrons. The van der Waals surface area contributed by atoms with Gasteiger partial charge >= 0.3 is 0 Å². The van der Waals surface area contributed by atoms with Crippen molar-refractivity contribution in [2.75, 3.05) is 11.9 Å². The van der Waals surface area contributed by atoms with Gasteiger partial charge in [0, 0.05) is 11.4 Å². The molecule has 0 saturated heterocycles. The van der Waals surface area contributed by atoms with Gasteiger partial charge in [-0.3, -0.25) is 0 Å². The van der Waals surface area contributed by atoms with E-state index in [0.29, 0.717) is 0 Å². The average molecular weight is 305 g/mol. The molecule has 3 rings (SSSR count). The van der Waals surface area contributed by atoms with Crippen molar-refractivity contribution >= 4 is 28.2 Å². The molecule has 20 heavy (non-hydrogen) atoms. The predicted molar refractivity (Wildman–Crippen MR) is 86.7 cm³/mol. The van der Waals surface area contributed by atoms with Gasteiger partial charge in [-0.1, -0.05) is 24.3 Å². The van der Waals surface area contributed by atoms with Gasteiger partial charge in [-0.25, -0.2) is 0 Å². The molecule has 0 unspecified atom stereocenters. The second-order valence-corrected chi connectivity index (χ2v) is 7.11. The molecular formula is C15H19N3S2. The number of rotatable bonds is 6. The van der Waals surface area contributed by atoms with Crippen LogP contribution in [-0.4, -0.2) is 16.7 Å². The number of nitrogens with one attached hydrogen (secondary N) is 1. The minimum atomic E-state index is 0.907. The van der Waals surface area contributed by atoms with Crippen molar-refractivity contribution in [3.63, 3.8) is 0 Å². The number of hydrogen-bond donors (Lipinski definition) is 1. The highest BCUT2D eigenvalue weighted by Crippen LogP contribution is 2.30. The topological polar surface area (TPSA) is 37.8 Å². The van der Waals surface area contributed by atoms with Crippen LogP contribution in [0.1, 0.15) is 35.9 Å². The van der Waals surface area contributed by atoms with Crippen molar-refractivity contribution in [2.24, 2.45) is 0 Å². The number of thioether (sulfide) groups is 1. The molecule has 1 heterocycles. The fourth-order valence-corrected chi connectivity index (χ4v) is 4.11. The molecule has 1 aromatic carbocycles.